The van der Waals surface area contributed by atoms with E-state index in [0.717, 1.165) is 22.6 Å². The van der Waals surface area contributed by atoms with Gasteiger partial charge >= 0.3 is 5.97 Å². The first-order valence-electron chi connectivity index (χ1n) is 10.2. The van der Waals surface area contributed by atoms with Gasteiger partial charge < -0.3 is 15.0 Å². The summed E-state index contributed by atoms with van der Waals surface area (Å²) in [5.41, 5.74) is 2.54. The van der Waals surface area contributed by atoms with Gasteiger partial charge in [0.15, 0.2) is 16.1 Å². The fourth-order valence-corrected chi connectivity index (χ4v) is 4.56. The maximum absolute atomic E-state index is 12.5. The molecule has 0 aliphatic rings. The number of amides is 1. The molecule has 33 heavy (non-hydrogen) atoms. The minimum atomic E-state index is -0.439. The molecule has 0 saturated heterocycles. The number of nitrogens with one attached hydrogen (secondary N) is 1. The number of allylic oxidation sites excluding steroid dienone is 1. The van der Waals surface area contributed by atoms with Gasteiger partial charge in [-0.05, 0) is 38.1 Å². The lowest BCUT2D eigenvalue weighted by molar-refractivity contribution is -0.113. The molecular weight excluding hydrogens is 460 g/mol. The Morgan fingerprint density at radius 3 is 2.64 bits per heavy atom. The van der Waals surface area contributed by atoms with Gasteiger partial charge in [0.25, 0.3) is 0 Å². The lowest BCUT2D eigenvalue weighted by atomic mass is 10.2. The smallest absolute Gasteiger partial charge is 0.350 e. The second-order valence-corrected chi connectivity index (χ2v) is 9.08. The Labute approximate surface area is 200 Å². The molecule has 0 unspecified atom stereocenters. The monoisotopic (exact) mass is 486 g/mol. The normalized spacial score (nSPS) is 10.7. The highest BCUT2D eigenvalue weighted by Gasteiger charge is 2.19. The van der Waals surface area contributed by atoms with E-state index >= 15 is 0 Å². The van der Waals surface area contributed by atoms with Crippen LogP contribution in [-0.4, -0.2) is 58.1 Å². The van der Waals surface area contributed by atoms with E-state index in [2.05, 4.69) is 27.1 Å². The maximum Gasteiger partial charge on any atom is 0.350 e. The molecule has 0 aliphatic carbocycles. The average Bonchev–Trinajstić information content (AvgIpc) is 3.35. The molecule has 0 radical (unpaired) electrons. The van der Waals surface area contributed by atoms with E-state index in [1.807, 2.05) is 47.8 Å². The molecule has 1 amide bonds. The molecule has 174 valence electrons. The number of esters is 1. The van der Waals surface area contributed by atoms with Gasteiger partial charge in [-0.2, -0.15) is 0 Å². The van der Waals surface area contributed by atoms with Crippen molar-refractivity contribution in [2.45, 2.75) is 25.5 Å². The van der Waals surface area contributed by atoms with Crippen LogP contribution < -0.4 is 10.2 Å². The van der Waals surface area contributed by atoms with Crippen LogP contribution in [-0.2, 0) is 16.1 Å². The summed E-state index contributed by atoms with van der Waals surface area (Å²) in [6, 6.07) is 8.02. The summed E-state index contributed by atoms with van der Waals surface area (Å²) >= 11 is 2.37. The van der Waals surface area contributed by atoms with Crippen LogP contribution in [0.15, 0.2) is 42.1 Å². The van der Waals surface area contributed by atoms with Crippen molar-refractivity contribution < 1.29 is 14.3 Å². The number of ether oxygens (including phenoxy) is 1. The van der Waals surface area contributed by atoms with E-state index < -0.39 is 5.97 Å². The number of carbonyl (C=O) groups excluding carboxylic acids is 2. The van der Waals surface area contributed by atoms with Crippen LogP contribution in [0.2, 0.25) is 0 Å². The van der Waals surface area contributed by atoms with Crippen LogP contribution in [0.1, 0.15) is 22.3 Å². The Bertz CT molecular complexity index is 1140. The third kappa shape index (κ3) is 5.99. The fraction of sp³-hybridized carbons (Fsp3) is 0.318. The Morgan fingerprint density at radius 1 is 1.27 bits per heavy atom. The van der Waals surface area contributed by atoms with Crippen LogP contribution in [0.25, 0.3) is 11.4 Å². The molecule has 2 heterocycles. The van der Waals surface area contributed by atoms with E-state index in [1.54, 1.807) is 19.9 Å². The van der Waals surface area contributed by atoms with Crippen molar-refractivity contribution in [1.29, 1.82) is 0 Å². The second-order valence-electron chi connectivity index (χ2n) is 7.14. The van der Waals surface area contributed by atoms with E-state index in [9.17, 15) is 9.59 Å². The molecular formula is C22H26N6O3S2. The Kier molecular flexibility index (Phi) is 8.23. The summed E-state index contributed by atoms with van der Waals surface area (Å²) in [6.45, 7) is 8.06. The Morgan fingerprint density at radius 2 is 2.00 bits per heavy atom. The van der Waals surface area contributed by atoms with Crippen molar-refractivity contribution in [3.8, 4) is 11.4 Å². The van der Waals surface area contributed by atoms with E-state index in [-0.39, 0.29) is 18.3 Å². The number of hydrogen-bond acceptors (Lipinski definition) is 9. The molecule has 3 rings (SSSR count). The molecule has 0 spiro atoms. The number of hydrogen-bond donors (Lipinski definition) is 1. The van der Waals surface area contributed by atoms with Crippen molar-refractivity contribution in [3.05, 3.63) is 47.5 Å². The first-order chi connectivity index (χ1) is 15.8. The number of aromatic nitrogens is 4. The SMILES string of the molecule is C=CCn1c(SCC(=O)Nc2nc(C)c(C(=O)OCC)s2)nnc1-c1ccc(N(C)C)cc1. The molecule has 0 aliphatic heterocycles. The predicted molar refractivity (Wildman–Crippen MR) is 132 cm³/mol. The maximum atomic E-state index is 12.5. The van der Waals surface area contributed by atoms with Gasteiger partial charge in [-0.3, -0.25) is 9.36 Å². The van der Waals surface area contributed by atoms with Crippen molar-refractivity contribution in [2.75, 3.05) is 36.7 Å². The zero-order valence-electron chi connectivity index (χ0n) is 19.0. The number of nitrogens with zero attached hydrogens (tertiary/aromatic N) is 5. The molecule has 9 nitrogen and oxygen atoms in total. The minimum absolute atomic E-state index is 0.113. The summed E-state index contributed by atoms with van der Waals surface area (Å²) in [4.78, 5) is 31.1. The molecule has 1 aromatic carbocycles. The topological polar surface area (TPSA) is 102 Å². The number of rotatable bonds is 10. The number of benzene rings is 1. The van der Waals surface area contributed by atoms with Crippen molar-refractivity contribution in [2.24, 2.45) is 0 Å². The first-order valence-corrected chi connectivity index (χ1v) is 12.0. The Balaban J connectivity index is 1.69. The number of aryl methyl sites for hydroxylation is 1. The zero-order chi connectivity index (χ0) is 24.0. The highest BCUT2D eigenvalue weighted by molar-refractivity contribution is 7.99. The lowest BCUT2D eigenvalue weighted by Crippen LogP contribution is -2.14. The third-order valence-corrected chi connectivity index (χ3v) is 6.53. The minimum Gasteiger partial charge on any atom is -0.462 e. The Hall–Kier alpha value is -3.18. The molecule has 1 N–H and O–H groups in total. The fourth-order valence-electron chi connectivity index (χ4n) is 2.93. The molecule has 0 bridgehead atoms. The second kappa shape index (κ2) is 11.1. The van der Waals surface area contributed by atoms with Crippen LogP contribution in [0.3, 0.4) is 0 Å². The van der Waals surface area contributed by atoms with Crippen LogP contribution in [0.4, 0.5) is 10.8 Å². The molecule has 0 fully saturated rings. The van der Waals surface area contributed by atoms with Gasteiger partial charge in [0, 0.05) is 31.9 Å². The summed E-state index contributed by atoms with van der Waals surface area (Å²) in [7, 11) is 3.97. The summed E-state index contributed by atoms with van der Waals surface area (Å²) in [5, 5.41) is 12.3. The van der Waals surface area contributed by atoms with E-state index in [0.29, 0.717) is 33.2 Å². The summed E-state index contributed by atoms with van der Waals surface area (Å²) in [6.07, 6.45) is 1.76. The standard InChI is InChI=1S/C22H26N6O3S2/c1-6-12-28-19(15-8-10-16(11-9-15)27(4)5)25-26-22(28)32-13-17(29)24-21-23-14(3)18(33-21)20(30)31-7-2/h6,8-11H,1,7,12-13H2,2-5H3,(H,23,24,29). The number of anilines is 2. The van der Waals surface area contributed by atoms with Crippen molar-refractivity contribution in [1.82, 2.24) is 19.7 Å². The zero-order valence-corrected chi connectivity index (χ0v) is 20.6. The highest BCUT2D eigenvalue weighted by Crippen LogP contribution is 2.27. The van der Waals surface area contributed by atoms with Gasteiger partial charge in [-0.25, -0.2) is 9.78 Å². The van der Waals surface area contributed by atoms with Crippen LogP contribution >= 0.6 is 23.1 Å². The van der Waals surface area contributed by atoms with Crippen molar-refractivity contribution in [3.63, 3.8) is 0 Å². The predicted octanol–water partition coefficient (Wildman–Crippen LogP) is 3.87. The quantitative estimate of drug-likeness (QED) is 0.262. The first kappa shape index (κ1) is 24.5. The van der Waals surface area contributed by atoms with E-state index in [4.69, 9.17) is 4.74 Å². The highest BCUT2D eigenvalue weighted by atomic mass is 32.2. The van der Waals surface area contributed by atoms with Crippen molar-refractivity contribution >= 4 is 45.8 Å². The number of thiazole rings is 1. The largest absolute Gasteiger partial charge is 0.462 e. The van der Waals surface area contributed by atoms with E-state index in [1.165, 1.54) is 11.8 Å². The van der Waals surface area contributed by atoms with Crippen LogP contribution in [0.5, 0.6) is 0 Å². The van der Waals surface area contributed by atoms with Gasteiger partial charge in [0.1, 0.15) is 4.88 Å². The lowest BCUT2D eigenvalue weighted by Gasteiger charge is -2.13. The van der Waals surface area contributed by atoms with Crippen LogP contribution in [0, 0.1) is 6.92 Å². The molecule has 2 aromatic heterocycles. The molecule has 3 aromatic rings. The summed E-state index contributed by atoms with van der Waals surface area (Å²) < 4.78 is 6.93. The number of carbonyl (C=O) groups is 2. The average molecular weight is 487 g/mol. The third-order valence-electron chi connectivity index (χ3n) is 4.51. The molecule has 0 saturated carbocycles. The van der Waals surface area contributed by atoms with Gasteiger partial charge in [0.05, 0.1) is 18.1 Å². The molecule has 0 atom stereocenters. The molecule has 11 heteroatoms. The van der Waals surface area contributed by atoms with Gasteiger partial charge in [-0.15, -0.1) is 16.8 Å². The van der Waals surface area contributed by atoms with Gasteiger partial charge in [0.2, 0.25) is 5.91 Å². The number of thioether (sulfide) groups is 1. The summed E-state index contributed by atoms with van der Waals surface area (Å²) in [5.74, 6) is 0.125. The van der Waals surface area contributed by atoms with Gasteiger partial charge in [-0.1, -0.05) is 29.2 Å².